The number of hydrogen-bond donors (Lipinski definition) is 0. The van der Waals surface area contributed by atoms with E-state index >= 15 is 0 Å². The number of unbranched alkanes of at least 4 members (excludes halogenated alkanes) is 32. The third kappa shape index (κ3) is 63.0. The molecule has 0 aliphatic heterocycles. The van der Waals surface area contributed by atoms with E-state index in [-0.39, 0.29) is 31.1 Å². The van der Waals surface area contributed by atoms with Gasteiger partial charge in [0.1, 0.15) is 13.2 Å². The molecule has 0 radical (unpaired) electrons. The van der Waals surface area contributed by atoms with Crippen LogP contribution < -0.4 is 0 Å². The van der Waals surface area contributed by atoms with Gasteiger partial charge in [-0.2, -0.15) is 0 Å². The molecule has 1 unspecified atom stereocenters. The predicted molar refractivity (Wildman–Crippen MR) is 334 cm³/mol. The number of carbonyl (C=O) groups is 3. The van der Waals surface area contributed by atoms with Crippen LogP contribution >= 0.6 is 0 Å². The molecule has 6 heteroatoms. The highest BCUT2D eigenvalue weighted by Crippen LogP contribution is 2.16. The van der Waals surface area contributed by atoms with Gasteiger partial charge in [0.05, 0.1) is 0 Å². The number of ether oxygens (including phenoxy) is 3. The van der Waals surface area contributed by atoms with Crippen molar-refractivity contribution in [1.82, 2.24) is 0 Å². The first-order valence-electron chi connectivity index (χ1n) is 32.7. The van der Waals surface area contributed by atoms with E-state index in [4.69, 9.17) is 14.2 Å². The van der Waals surface area contributed by atoms with Crippen molar-refractivity contribution in [1.29, 1.82) is 0 Å². The van der Waals surface area contributed by atoms with Gasteiger partial charge in [0.15, 0.2) is 6.10 Å². The van der Waals surface area contributed by atoms with Crippen LogP contribution in [-0.4, -0.2) is 37.2 Å². The fourth-order valence-corrected chi connectivity index (χ4v) is 9.18. The molecule has 0 fully saturated rings. The van der Waals surface area contributed by atoms with Crippen molar-refractivity contribution in [2.75, 3.05) is 13.2 Å². The van der Waals surface area contributed by atoms with E-state index in [1.54, 1.807) is 0 Å². The van der Waals surface area contributed by atoms with Gasteiger partial charge in [0, 0.05) is 19.3 Å². The third-order valence-electron chi connectivity index (χ3n) is 14.1. The van der Waals surface area contributed by atoms with Crippen molar-refractivity contribution >= 4 is 17.9 Å². The fraction of sp³-hybridized carbons (Fsp3) is 0.732. The van der Waals surface area contributed by atoms with Gasteiger partial charge in [-0.05, 0) is 103 Å². The van der Waals surface area contributed by atoms with Crippen LogP contribution in [-0.2, 0) is 28.6 Å². The van der Waals surface area contributed by atoms with Crippen LogP contribution in [0.25, 0.3) is 0 Å². The van der Waals surface area contributed by atoms with E-state index in [9.17, 15) is 14.4 Å². The van der Waals surface area contributed by atoms with Crippen LogP contribution in [0.4, 0.5) is 0 Å². The van der Waals surface area contributed by atoms with Crippen molar-refractivity contribution in [3.63, 3.8) is 0 Å². The molecule has 0 rings (SSSR count). The molecule has 0 spiro atoms. The summed E-state index contributed by atoms with van der Waals surface area (Å²) in [6.07, 6.45) is 87.3. The molecule has 0 saturated carbocycles. The van der Waals surface area contributed by atoms with Crippen molar-refractivity contribution in [2.24, 2.45) is 0 Å². The van der Waals surface area contributed by atoms with Crippen LogP contribution in [0.1, 0.15) is 316 Å². The lowest BCUT2D eigenvalue weighted by Crippen LogP contribution is -2.30. The second-order valence-electron chi connectivity index (χ2n) is 21.6. The van der Waals surface area contributed by atoms with Crippen LogP contribution in [0, 0.1) is 0 Å². The lowest BCUT2D eigenvalue weighted by molar-refractivity contribution is -0.167. The minimum absolute atomic E-state index is 0.0817. The molecule has 0 aliphatic carbocycles. The Hall–Kier alpha value is -3.67. The monoisotopic (exact) mass is 1070 g/mol. The Morgan fingerprint density at radius 3 is 0.792 bits per heavy atom. The highest BCUT2D eigenvalue weighted by molar-refractivity contribution is 5.71. The fourth-order valence-electron chi connectivity index (χ4n) is 9.18. The van der Waals surface area contributed by atoms with E-state index in [0.717, 1.165) is 116 Å². The summed E-state index contributed by atoms with van der Waals surface area (Å²) in [7, 11) is 0. The molecule has 0 N–H and O–H groups in total. The first-order chi connectivity index (χ1) is 38.0. The minimum Gasteiger partial charge on any atom is -0.462 e. The standard InChI is InChI=1S/C71H122O6/c1-4-7-10-13-16-18-20-22-24-26-28-30-32-34-35-37-38-40-42-44-46-48-50-52-55-58-61-64-70(73)76-67-68(66-75-69(72)63-60-57-54-15-12-9-6-3)77-71(74)65-62-59-56-53-51-49-47-45-43-41-39-36-33-31-29-27-25-23-21-19-17-14-11-8-5-2/h8,11,17,19-20,22-23,25-26,28-29,31,36,39,43,45,68H,4-7,9-10,12-16,18,21,24,27,30,32-35,37-38,40-42,44,46-67H2,1-3H3/b11-8-,19-17-,22-20-,25-23-,28-26-,31-29-,39-36-,45-43-. The van der Waals surface area contributed by atoms with E-state index in [1.165, 1.54) is 161 Å². The van der Waals surface area contributed by atoms with Gasteiger partial charge in [-0.15, -0.1) is 0 Å². The summed E-state index contributed by atoms with van der Waals surface area (Å²) in [6.45, 7) is 6.49. The molecule has 0 aromatic carbocycles. The molecule has 0 saturated heterocycles. The van der Waals surface area contributed by atoms with E-state index in [1.807, 2.05) is 0 Å². The van der Waals surface area contributed by atoms with Crippen molar-refractivity contribution in [3.05, 3.63) is 97.2 Å². The molecule has 0 bridgehead atoms. The highest BCUT2D eigenvalue weighted by Gasteiger charge is 2.19. The third-order valence-corrected chi connectivity index (χ3v) is 14.1. The summed E-state index contributed by atoms with van der Waals surface area (Å²) in [5.74, 6) is -0.894. The molecular weight excluding hydrogens is 949 g/mol. The quantitative estimate of drug-likeness (QED) is 0.0261. The van der Waals surface area contributed by atoms with Gasteiger partial charge in [-0.25, -0.2) is 0 Å². The maximum absolute atomic E-state index is 12.9. The normalized spacial score (nSPS) is 12.7. The largest absolute Gasteiger partial charge is 0.462 e. The Kier molecular flexibility index (Phi) is 61.8. The first kappa shape index (κ1) is 73.3. The smallest absolute Gasteiger partial charge is 0.306 e. The Balaban J connectivity index is 4.15. The van der Waals surface area contributed by atoms with Crippen LogP contribution in [0.2, 0.25) is 0 Å². The van der Waals surface area contributed by atoms with Crippen molar-refractivity contribution < 1.29 is 28.6 Å². The number of allylic oxidation sites excluding steroid dienone is 16. The minimum atomic E-state index is -0.784. The van der Waals surface area contributed by atoms with Gasteiger partial charge in [-0.1, -0.05) is 291 Å². The zero-order chi connectivity index (χ0) is 55.7. The van der Waals surface area contributed by atoms with Gasteiger partial charge in [0.2, 0.25) is 0 Å². The van der Waals surface area contributed by atoms with Crippen molar-refractivity contribution in [2.45, 2.75) is 322 Å². The SMILES string of the molecule is CC/C=C\C/C=C\C/C=C\C/C=C\C/C=C\C/C=C\CCCCCCCCC(=O)OC(COC(=O)CCCCCCCCC)COC(=O)CCCCCCCCCCCCCCCCC/C=C\C/C=C\CCCCCCC. The van der Waals surface area contributed by atoms with E-state index in [2.05, 4.69) is 118 Å². The highest BCUT2D eigenvalue weighted by atomic mass is 16.6. The molecular formula is C71H122O6. The van der Waals surface area contributed by atoms with Crippen LogP contribution in [0.5, 0.6) is 0 Å². The van der Waals surface area contributed by atoms with Crippen LogP contribution in [0.15, 0.2) is 97.2 Å². The average Bonchev–Trinajstić information content (AvgIpc) is 3.43. The maximum Gasteiger partial charge on any atom is 0.306 e. The lowest BCUT2D eigenvalue weighted by atomic mass is 10.0. The Labute approximate surface area is 477 Å². The molecule has 1 atom stereocenters. The summed E-state index contributed by atoms with van der Waals surface area (Å²) in [6, 6.07) is 0. The number of esters is 3. The average molecular weight is 1070 g/mol. The van der Waals surface area contributed by atoms with E-state index in [0.29, 0.717) is 19.3 Å². The Morgan fingerprint density at radius 1 is 0.273 bits per heavy atom. The second-order valence-corrected chi connectivity index (χ2v) is 21.6. The molecule has 0 aliphatic rings. The Bertz CT molecular complexity index is 1510. The molecule has 0 aromatic rings. The first-order valence-corrected chi connectivity index (χ1v) is 32.7. The molecule has 0 amide bonds. The second kappa shape index (κ2) is 64.9. The summed E-state index contributed by atoms with van der Waals surface area (Å²) >= 11 is 0. The number of hydrogen-bond acceptors (Lipinski definition) is 6. The zero-order valence-corrected chi connectivity index (χ0v) is 50.7. The summed E-state index contributed by atoms with van der Waals surface area (Å²) in [5, 5.41) is 0. The molecule has 77 heavy (non-hydrogen) atoms. The van der Waals surface area contributed by atoms with E-state index < -0.39 is 6.10 Å². The summed E-state index contributed by atoms with van der Waals surface area (Å²) in [5.41, 5.74) is 0. The molecule has 0 heterocycles. The summed E-state index contributed by atoms with van der Waals surface area (Å²) in [4.78, 5) is 38.1. The van der Waals surface area contributed by atoms with Gasteiger partial charge >= 0.3 is 17.9 Å². The molecule has 442 valence electrons. The van der Waals surface area contributed by atoms with Crippen molar-refractivity contribution in [3.8, 4) is 0 Å². The summed E-state index contributed by atoms with van der Waals surface area (Å²) < 4.78 is 16.8. The van der Waals surface area contributed by atoms with Gasteiger partial charge in [-0.3, -0.25) is 14.4 Å². The van der Waals surface area contributed by atoms with Gasteiger partial charge in [0.25, 0.3) is 0 Å². The maximum atomic E-state index is 12.9. The Morgan fingerprint density at radius 2 is 0.506 bits per heavy atom. The zero-order valence-electron chi connectivity index (χ0n) is 50.7. The lowest BCUT2D eigenvalue weighted by Gasteiger charge is -2.18. The molecule has 6 nitrogen and oxygen atoms in total. The molecule has 0 aromatic heterocycles. The number of rotatable bonds is 59. The van der Waals surface area contributed by atoms with Crippen LogP contribution in [0.3, 0.4) is 0 Å². The number of carbonyl (C=O) groups excluding carboxylic acids is 3. The predicted octanol–water partition coefficient (Wildman–Crippen LogP) is 22.4. The van der Waals surface area contributed by atoms with Gasteiger partial charge < -0.3 is 14.2 Å². The topological polar surface area (TPSA) is 78.9 Å².